The Morgan fingerprint density at radius 2 is 1.51 bits per heavy atom. The number of benzene rings is 3. The summed E-state index contributed by atoms with van der Waals surface area (Å²) in [5.74, 6) is -2.29. The largest absolute Gasteiger partial charge is 0.376 e. The predicted molar refractivity (Wildman–Crippen MR) is 136 cm³/mol. The third-order valence-corrected chi connectivity index (χ3v) is 6.03. The van der Waals surface area contributed by atoms with Gasteiger partial charge in [0.2, 0.25) is 0 Å². The second-order valence-corrected chi connectivity index (χ2v) is 8.74. The molecule has 5 heteroatoms. The van der Waals surface area contributed by atoms with Crippen molar-refractivity contribution in [2.45, 2.75) is 65.2 Å². The van der Waals surface area contributed by atoms with Crippen molar-refractivity contribution in [1.29, 1.82) is 0 Å². The molecule has 0 saturated carbocycles. The molecular weight excluding hydrogens is 446 g/mol. The first-order valence-corrected chi connectivity index (χ1v) is 12.6. The third-order valence-electron chi connectivity index (χ3n) is 6.03. The molecule has 35 heavy (non-hydrogen) atoms. The van der Waals surface area contributed by atoms with Crippen LogP contribution in [0.15, 0.2) is 60.7 Å². The number of unbranched alkanes of at least 4 members (excludes halogenated alkanes) is 5. The van der Waals surface area contributed by atoms with Gasteiger partial charge >= 0.3 is 5.97 Å². The fraction of sp³-hybridized carbons (Fsp3) is 0.367. The molecule has 186 valence electrons. The lowest BCUT2D eigenvalue weighted by Gasteiger charge is -2.15. The van der Waals surface area contributed by atoms with Crippen LogP contribution in [0.25, 0.3) is 22.3 Å². The van der Waals surface area contributed by atoms with Gasteiger partial charge in [0.05, 0.1) is 12.2 Å². The number of carbonyl (C=O) groups is 1. The van der Waals surface area contributed by atoms with Gasteiger partial charge in [-0.2, -0.15) is 4.89 Å². The minimum Gasteiger partial charge on any atom is -0.293 e. The molecular formula is C30H34F2O3. The molecule has 3 aromatic carbocycles. The molecule has 0 radical (unpaired) electrons. The Bertz CT molecular complexity index is 1100. The quantitative estimate of drug-likeness (QED) is 0.139. The van der Waals surface area contributed by atoms with Crippen molar-refractivity contribution in [1.82, 2.24) is 0 Å². The molecule has 0 unspecified atom stereocenters. The number of hydrogen-bond acceptors (Lipinski definition) is 3. The second kappa shape index (κ2) is 13.7. The van der Waals surface area contributed by atoms with E-state index in [-0.39, 0.29) is 23.3 Å². The normalized spacial score (nSPS) is 11.0. The lowest BCUT2D eigenvalue weighted by molar-refractivity contribution is -0.241. The standard InChI is InChI=1S/C30H34F2O3/c1-3-5-7-8-12-20-34-35-30(33)26-19-18-24(23-14-10-9-11-15-23)28(29(26)32)25-17-16-22(13-6-4-2)21-27(25)31/h9-11,14-19,21H,3-8,12-13,20H2,1-2H3. The maximum Gasteiger partial charge on any atom is 0.376 e. The van der Waals surface area contributed by atoms with Gasteiger partial charge in [-0.05, 0) is 48.1 Å². The molecule has 0 bridgehead atoms. The van der Waals surface area contributed by atoms with E-state index < -0.39 is 17.6 Å². The summed E-state index contributed by atoms with van der Waals surface area (Å²) in [5, 5.41) is 0. The Morgan fingerprint density at radius 1 is 0.800 bits per heavy atom. The van der Waals surface area contributed by atoms with E-state index in [1.807, 2.05) is 36.4 Å². The van der Waals surface area contributed by atoms with E-state index in [0.29, 0.717) is 5.56 Å². The van der Waals surface area contributed by atoms with Crippen LogP contribution in [-0.2, 0) is 16.2 Å². The first kappa shape index (κ1) is 26.6. The van der Waals surface area contributed by atoms with Crippen molar-refractivity contribution >= 4 is 5.97 Å². The maximum absolute atomic E-state index is 15.8. The summed E-state index contributed by atoms with van der Waals surface area (Å²) in [5.41, 5.74) is 1.92. The predicted octanol–water partition coefficient (Wildman–Crippen LogP) is 8.70. The van der Waals surface area contributed by atoms with Gasteiger partial charge in [-0.1, -0.05) is 94.5 Å². The van der Waals surface area contributed by atoms with Crippen molar-refractivity contribution in [2.75, 3.05) is 6.61 Å². The smallest absolute Gasteiger partial charge is 0.293 e. The number of carbonyl (C=O) groups excluding carboxylic acids is 1. The number of halogens is 2. The Labute approximate surface area is 207 Å². The molecule has 3 nitrogen and oxygen atoms in total. The molecule has 3 aromatic rings. The van der Waals surface area contributed by atoms with Crippen LogP contribution in [0.1, 0.15) is 74.7 Å². The van der Waals surface area contributed by atoms with Gasteiger partial charge in [0, 0.05) is 11.1 Å². The molecule has 0 aromatic heterocycles. The highest BCUT2D eigenvalue weighted by atomic mass is 19.1. The molecule has 0 fully saturated rings. The van der Waals surface area contributed by atoms with Crippen LogP contribution >= 0.6 is 0 Å². The summed E-state index contributed by atoms with van der Waals surface area (Å²) in [6, 6.07) is 17.0. The Hall–Kier alpha value is -3.05. The van der Waals surface area contributed by atoms with Gasteiger partial charge in [-0.3, -0.25) is 4.89 Å². The van der Waals surface area contributed by atoms with E-state index in [2.05, 4.69) is 13.8 Å². The van der Waals surface area contributed by atoms with E-state index in [1.165, 1.54) is 12.1 Å². The van der Waals surface area contributed by atoms with E-state index in [9.17, 15) is 4.79 Å². The van der Waals surface area contributed by atoms with Gasteiger partial charge in [0.25, 0.3) is 0 Å². The van der Waals surface area contributed by atoms with Crippen LogP contribution < -0.4 is 0 Å². The minimum absolute atomic E-state index is 0.0322. The molecule has 0 atom stereocenters. The molecule has 3 rings (SSSR count). The topological polar surface area (TPSA) is 35.5 Å². The Kier molecular flexibility index (Phi) is 10.4. The fourth-order valence-electron chi connectivity index (χ4n) is 4.06. The zero-order valence-electron chi connectivity index (χ0n) is 20.6. The van der Waals surface area contributed by atoms with Crippen molar-refractivity contribution in [2.24, 2.45) is 0 Å². The molecule has 0 aliphatic heterocycles. The summed E-state index contributed by atoms with van der Waals surface area (Å²) in [6.45, 7) is 4.46. The molecule has 0 amide bonds. The zero-order chi connectivity index (χ0) is 25.0. The highest BCUT2D eigenvalue weighted by Gasteiger charge is 2.24. The van der Waals surface area contributed by atoms with Crippen LogP contribution in [-0.4, -0.2) is 12.6 Å². The van der Waals surface area contributed by atoms with Crippen molar-refractivity contribution in [3.63, 3.8) is 0 Å². The van der Waals surface area contributed by atoms with Crippen LogP contribution in [0.4, 0.5) is 8.78 Å². The summed E-state index contributed by atoms with van der Waals surface area (Å²) >= 11 is 0. The van der Waals surface area contributed by atoms with E-state index in [0.717, 1.165) is 62.5 Å². The molecule has 0 spiro atoms. The van der Waals surface area contributed by atoms with Crippen LogP contribution in [0.3, 0.4) is 0 Å². The summed E-state index contributed by atoms with van der Waals surface area (Å²) in [6.07, 6.45) is 7.81. The first-order chi connectivity index (χ1) is 17.1. The van der Waals surface area contributed by atoms with Gasteiger partial charge < -0.3 is 0 Å². The van der Waals surface area contributed by atoms with Gasteiger partial charge in [-0.25, -0.2) is 13.6 Å². The van der Waals surface area contributed by atoms with Crippen LogP contribution in [0.2, 0.25) is 0 Å². The number of aryl methyl sites for hydroxylation is 1. The summed E-state index contributed by atoms with van der Waals surface area (Å²) in [4.78, 5) is 22.5. The number of hydrogen-bond donors (Lipinski definition) is 0. The average molecular weight is 481 g/mol. The SMILES string of the molecule is CCCCCCCOOC(=O)c1ccc(-c2ccccc2)c(-c2ccc(CCCC)cc2F)c1F. The summed E-state index contributed by atoms with van der Waals surface area (Å²) in [7, 11) is 0. The van der Waals surface area contributed by atoms with Gasteiger partial charge in [-0.15, -0.1) is 0 Å². The van der Waals surface area contributed by atoms with E-state index in [4.69, 9.17) is 9.78 Å². The molecule has 0 N–H and O–H groups in total. The minimum atomic E-state index is -0.933. The highest BCUT2D eigenvalue weighted by Crippen LogP contribution is 2.37. The zero-order valence-corrected chi connectivity index (χ0v) is 20.6. The van der Waals surface area contributed by atoms with Crippen LogP contribution in [0.5, 0.6) is 0 Å². The highest BCUT2D eigenvalue weighted by molar-refractivity contribution is 5.95. The fourth-order valence-corrected chi connectivity index (χ4v) is 4.06. The van der Waals surface area contributed by atoms with Crippen molar-refractivity contribution < 1.29 is 23.4 Å². The Balaban J connectivity index is 1.89. The maximum atomic E-state index is 15.8. The first-order valence-electron chi connectivity index (χ1n) is 12.6. The van der Waals surface area contributed by atoms with E-state index >= 15 is 8.78 Å². The molecule has 0 aliphatic carbocycles. The average Bonchev–Trinajstić information content (AvgIpc) is 2.87. The van der Waals surface area contributed by atoms with Crippen molar-refractivity contribution in [3.05, 3.63) is 83.4 Å². The second-order valence-electron chi connectivity index (χ2n) is 8.74. The lowest BCUT2D eigenvalue weighted by atomic mass is 9.91. The molecule has 0 heterocycles. The van der Waals surface area contributed by atoms with Gasteiger partial charge in [0.1, 0.15) is 11.6 Å². The molecule has 0 aliphatic rings. The molecule has 0 saturated heterocycles. The van der Waals surface area contributed by atoms with Gasteiger partial charge in [0.15, 0.2) is 0 Å². The summed E-state index contributed by atoms with van der Waals surface area (Å²) < 4.78 is 31.1. The third kappa shape index (κ3) is 7.22. The van der Waals surface area contributed by atoms with E-state index in [1.54, 1.807) is 12.1 Å². The van der Waals surface area contributed by atoms with Crippen LogP contribution in [0, 0.1) is 11.6 Å². The lowest BCUT2D eigenvalue weighted by Crippen LogP contribution is -2.10. The number of rotatable bonds is 13. The van der Waals surface area contributed by atoms with Crippen molar-refractivity contribution in [3.8, 4) is 22.3 Å². The monoisotopic (exact) mass is 480 g/mol. The Morgan fingerprint density at radius 3 is 2.23 bits per heavy atom.